The maximum Gasteiger partial charge on any atom is 0.254 e. The standard InChI is InChI=1S/C16H24N2O2/c1-3-4-11-20-15-7-5-14(6-8-15)16(19)18-10-9-17-12-13(18)2/h5-8,13,17H,3-4,9-12H2,1-2H3. The molecule has 0 radical (unpaired) electrons. The monoisotopic (exact) mass is 276 g/mol. The zero-order valence-electron chi connectivity index (χ0n) is 12.4. The fourth-order valence-corrected chi connectivity index (χ4v) is 2.34. The molecule has 110 valence electrons. The number of benzene rings is 1. The van der Waals surface area contributed by atoms with Crippen molar-refractivity contribution in [2.45, 2.75) is 32.7 Å². The van der Waals surface area contributed by atoms with Gasteiger partial charge in [0.2, 0.25) is 0 Å². The van der Waals surface area contributed by atoms with Crippen molar-refractivity contribution in [1.82, 2.24) is 10.2 Å². The molecule has 0 spiro atoms. The second-order valence-electron chi connectivity index (χ2n) is 5.28. The SMILES string of the molecule is CCCCOc1ccc(C(=O)N2CCNCC2C)cc1. The van der Waals surface area contributed by atoms with Gasteiger partial charge in [0.15, 0.2) is 0 Å². The van der Waals surface area contributed by atoms with Gasteiger partial charge in [-0.05, 0) is 37.6 Å². The minimum absolute atomic E-state index is 0.110. The lowest BCUT2D eigenvalue weighted by molar-refractivity contribution is 0.0655. The number of hydrogen-bond donors (Lipinski definition) is 1. The van der Waals surface area contributed by atoms with E-state index in [-0.39, 0.29) is 11.9 Å². The Bertz CT molecular complexity index is 431. The minimum atomic E-state index is 0.110. The Balaban J connectivity index is 1.96. The van der Waals surface area contributed by atoms with Crippen LogP contribution in [-0.2, 0) is 0 Å². The first kappa shape index (κ1) is 14.9. The molecule has 1 fully saturated rings. The van der Waals surface area contributed by atoms with E-state index in [1.807, 2.05) is 29.2 Å². The summed E-state index contributed by atoms with van der Waals surface area (Å²) >= 11 is 0. The van der Waals surface area contributed by atoms with Crippen molar-refractivity contribution < 1.29 is 9.53 Å². The number of piperazine rings is 1. The van der Waals surface area contributed by atoms with Crippen LogP contribution in [0.25, 0.3) is 0 Å². The van der Waals surface area contributed by atoms with Crippen molar-refractivity contribution in [3.63, 3.8) is 0 Å². The lowest BCUT2D eigenvalue weighted by Crippen LogP contribution is -2.52. The fraction of sp³-hybridized carbons (Fsp3) is 0.562. The highest BCUT2D eigenvalue weighted by Crippen LogP contribution is 2.16. The molecule has 4 heteroatoms. The van der Waals surface area contributed by atoms with Gasteiger partial charge >= 0.3 is 0 Å². The molecular formula is C16H24N2O2. The van der Waals surface area contributed by atoms with Crippen molar-refractivity contribution in [3.05, 3.63) is 29.8 Å². The van der Waals surface area contributed by atoms with Crippen molar-refractivity contribution in [3.8, 4) is 5.75 Å². The molecule has 0 bridgehead atoms. The number of nitrogens with one attached hydrogen (secondary N) is 1. The maximum atomic E-state index is 12.4. The van der Waals surface area contributed by atoms with E-state index in [2.05, 4.69) is 19.2 Å². The van der Waals surface area contributed by atoms with Crippen molar-refractivity contribution in [1.29, 1.82) is 0 Å². The molecule has 1 aliphatic heterocycles. The van der Waals surface area contributed by atoms with Gasteiger partial charge < -0.3 is 15.0 Å². The van der Waals surface area contributed by atoms with Crippen LogP contribution in [0.15, 0.2) is 24.3 Å². The predicted molar refractivity (Wildman–Crippen MR) is 80.2 cm³/mol. The number of carbonyl (C=O) groups is 1. The topological polar surface area (TPSA) is 41.6 Å². The first-order valence-corrected chi connectivity index (χ1v) is 7.47. The number of ether oxygens (including phenoxy) is 1. The van der Waals surface area contributed by atoms with E-state index in [9.17, 15) is 4.79 Å². The van der Waals surface area contributed by atoms with Crippen molar-refractivity contribution in [2.75, 3.05) is 26.2 Å². The predicted octanol–water partition coefficient (Wildman–Crippen LogP) is 2.30. The Morgan fingerprint density at radius 1 is 1.40 bits per heavy atom. The highest BCUT2D eigenvalue weighted by molar-refractivity contribution is 5.94. The summed E-state index contributed by atoms with van der Waals surface area (Å²) in [5, 5.41) is 3.29. The summed E-state index contributed by atoms with van der Waals surface area (Å²) < 4.78 is 5.61. The van der Waals surface area contributed by atoms with E-state index in [1.165, 1.54) is 0 Å². The number of rotatable bonds is 5. The van der Waals surface area contributed by atoms with Crippen molar-refractivity contribution in [2.24, 2.45) is 0 Å². The van der Waals surface area contributed by atoms with E-state index < -0.39 is 0 Å². The Kier molecular flexibility index (Phi) is 5.41. The summed E-state index contributed by atoms with van der Waals surface area (Å²) in [6.07, 6.45) is 2.18. The Morgan fingerprint density at radius 2 is 2.15 bits per heavy atom. The summed E-state index contributed by atoms with van der Waals surface area (Å²) in [7, 11) is 0. The molecule has 20 heavy (non-hydrogen) atoms. The lowest BCUT2D eigenvalue weighted by atomic mass is 10.1. The lowest BCUT2D eigenvalue weighted by Gasteiger charge is -2.34. The Labute approximate surface area is 121 Å². The van der Waals surface area contributed by atoms with E-state index in [0.717, 1.165) is 50.4 Å². The molecule has 4 nitrogen and oxygen atoms in total. The van der Waals surface area contributed by atoms with Gasteiger partial charge in [0.05, 0.1) is 6.61 Å². The van der Waals surface area contributed by atoms with Gasteiger partial charge in [0.1, 0.15) is 5.75 Å². The quantitative estimate of drug-likeness (QED) is 0.839. The summed E-state index contributed by atoms with van der Waals surface area (Å²) in [5.74, 6) is 0.947. The molecule has 2 rings (SSSR count). The molecule has 1 aliphatic rings. The molecule has 1 atom stereocenters. The van der Waals surface area contributed by atoms with Crippen LogP contribution >= 0.6 is 0 Å². The molecule has 1 N–H and O–H groups in total. The molecular weight excluding hydrogens is 252 g/mol. The first-order chi connectivity index (χ1) is 9.72. The zero-order valence-corrected chi connectivity index (χ0v) is 12.4. The van der Waals surface area contributed by atoms with Gasteiger partial charge in [-0.2, -0.15) is 0 Å². The molecule has 1 unspecified atom stereocenters. The highest BCUT2D eigenvalue weighted by Gasteiger charge is 2.23. The van der Waals surface area contributed by atoms with Gasteiger partial charge in [-0.15, -0.1) is 0 Å². The van der Waals surface area contributed by atoms with Crippen LogP contribution in [0.3, 0.4) is 0 Å². The van der Waals surface area contributed by atoms with Gasteiger partial charge in [0, 0.05) is 31.2 Å². The van der Waals surface area contributed by atoms with Crippen LogP contribution < -0.4 is 10.1 Å². The van der Waals surface area contributed by atoms with Gasteiger partial charge in [-0.25, -0.2) is 0 Å². The largest absolute Gasteiger partial charge is 0.494 e. The molecule has 0 saturated carbocycles. The zero-order chi connectivity index (χ0) is 14.4. The average Bonchev–Trinajstić information content (AvgIpc) is 2.48. The summed E-state index contributed by atoms with van der Waals surface area (Å²) in [5.41, 5.74) is 0.738. The number of nitrogens with zero attached hydrogens (tertiary/aromatic N) is 1. The van der Waals surface area contributed by atoms with E-state index in [0.29, 0.717) is 0 Å². The second kappa shape index (κ2) is 7.29. The number of unbranched alkanes of at least 4 members (excludes halogenated alkanes) is 1. The average molecular weight is 276 g/mol. The number of hydrogen-bond acceptors (Lipinski definition) is 3. The third-order valence-corrected chi connectivity index (χ3v) is 3.63. The molecule has 1 amide bonds. The summed E-state index contributed by atoms with van der Waals surface area (Å²) in [4.78, 5) is 14.4. The minimum Gasteiger partial charge on any atom is -0.494 e. The number of amides is 1. The molecule has 1 aromatic rings. The van der Waals surface area contributed by atoms with E-state index in [1.54, 1.807) is 0 Å². The summed E-state index contributed by atoms with van der Waals surface area (Å²) in [6.45, 7) is 7.46. The van der Waals surface area contributed by atoms with Crippen molar-refractivity contribution >= 4 is 5.91 Å². The van der Waals surface area contributed by atoms with E-state index in [4.69, 9.17) is 4.74 Å². The first-order valence-electron chi connectivity index (χ1n) is 7.47. The van der Waals surface area contributed by atoms with Gasteiger partial charge in [-0.3, -0.25) is 4.79 Å². The smallest absolute Gasteiger partial charge is 0.254 e. The fourth-order valence-electron chi connectivity index (χ4n) is 2.34. The van der Waals surface area contributed by atoms with Crippen LogP contribution in [0.2, 0.25) is 0 Å². The highest BCUT2D eigenvalue weighted by atomic mass is 16.5. The van der Waals surface area contributed by atoms with Crippen LogP contribution in [0, 0.1) is 0 Å². The van der Waals surface area contributed by atoms with Gasteiger partial charge in [-0.1, -0.05) is 13.3 Å². The molecule has 0 aliphatic carbocycles. The van der Waals surface area contributed by atoms with Crippen LogP contribution in [0.1, 0.15) is 37.0 Å². The normalized spacial score (nSPS) is 18.9. The Morgan fingerprint density at radius 3 is 2.80 bits per heavy atom. The molecule has 0 aromatic heterocycles. The maximum absolute atomic E-state index is 12.4. The van der Waals surface area contributed by atoms with Crippen LogP contribution in [0.5, 0.6) is 5.75 Å². The third-order valence-electron chi connectivity index (χ3n) is 3.63. The van der Waals surface area contributed by atoms with Gasteiger partial charge in [0.25, 0.3) is 5.91 Å². The molecule has 1 heterocycles. The Hall–Kier alpha value is -1.55. The van der Waals surface area contributed by atoms with Crippen LogP contribution in [-0.4, -0.2) is 43.1 Å². The molecule has 1 saturated heterocycles. The molecule has 1 aromatic carbocycles. The van der Waals surface area contributed by atoms with E-state index >= 15 is 0 Å². The number of carbonyl (C=O) groups excluding carboxylic acids is 1. The second-order valence-corrected chi connectivity index (χ2v) is 5.28. The van der Waals surface area contributed by atoms with Crippen LogP contribution in [0.4, 0.5) is 0 Å². The summed E-state index contributed by atoms with van der Waals surface area (Å²) in [6, 6.07) is 7.74. The third kappa shape index (κ3) is 3.73.